The van der Waals surface area contributed by atoms with E-state index in [4.69, 9.17) is 4.74 Å². The SMILES string of the molecule is O=C(N1CCN(CC2CCCO2)CC1)C1(C(F)(F)F)CCN(Cc2ccccc2)C1. The summed E-state index contributed by atoms with van der Waals surface area (Å²) in [7, 11) is 0. The van der Waals surface area contributed by atoms with Crippen molar-refractivity contribution in [1.82, 2.24) is 14.7 Å². The molecule has 0 radical (unpaired) electrons. The number of carbonyl (C=O) groups is 1. The van der Waals surface area contributed by atoms with Crippen LogP contribution in [0.2, 0.25) is 0 Å². The highest BCUT2D eigenvalue weighted by molar-refractivity contribution is 5.84. The molecule has 1 aromatic carbocycles. The van der Waals surface area contributed by atoms with E-state index < -0.39 is 17.5 Å². The molecular weight excluding hydrogens is 395 g/mol. The lowest BCUT2D eigenvalue weighted by atomic mass is 9.84. The average molecular weight is 425 g/mol. The molecule has 3 aliphatic heterocycles. The Hall–Kier alpha value is -1.64. The summed E-state index contributed by atoms with van der Waals surface area (Å²) >= 11 is 0. The quantitative estimate of drug-likeness (QED) is 0.727. The number of halogens is 3. The Morgan fingerprint density at radius 3 is 2.43 bits per heavy atom. The first kappa shape index (κ1) is 21.6. The second kappa shape index (κ2) is 8.85. The molecule has 3 heterocycles. The Kier molecular flexibility index (Phi) is 6.36. The van der Waals surface area contributed by atoms with Gasteiger partial charge in [-0.3, -0.25) is 14.6 Å². The summed E-state index contributed by atoms with van der Waals surface area (Å²) in [6.07, 6.45) is -2.40. The first-order chi connectivity index (χ1) is 14.4. The molecule has 166 valence electrons. The van der Waals surface area contributed by atoms with E-state index in [0.717, 1.165) is 31.6 Å². The molecule has 0 aliphatic carbocycles. The summed E-state index contributed by atoms with van der Waals surface area (Å²) < 4.78 is 48.2. The van der Waals surface area contributed by atoms with Gasteiger partial charge in [0.05, 0.1) is 6.10 Å². The summed E-state index contributed by atoms with van der Waals surface area (Å²) in [4.78, 5) is 18.6. The Morgan fingerprint density at radius 2 is 1.80 bits per heavy atom. The standard InChI is InChI=1S/C22H30F3N3O2/c23-22(24,25)21(8-9-27(17-21)15-18-5-2-1-3-6-18)20(29)28-12-10-26(11-13-28)16-19-7-4-14-30-19/h1-3,5-6,19H,4,7-17H2. The molecule has 0 aromatic heterocycles. The van der Waals surface area contributed by atoms with Gasteiger partial charge in [0.15, 0.2) is 5.41 Å². The van der Waals surface area contributed by atoms with Crippen LogP contribution < -0.4 is 0 Å². The van der Waals surface area contributed by atoms with Gasteiger partial charge in [0.25, 0.3) is 0 Å². The molecule has 1 aromatic rings. The number of carbonyl (C=O) groups excluding carboxylic acids is 1. The van der Waals surface area contributed by atoms with Crippen molar-refractivity contribution in [3.05, 3.63) is 35.9 Å². The fourth-order valence-electron chi connectivity index (χ4n) is 4.91. The zero-order valence-electron chi connectivity index (χ0n) is 17.2. The van der Waals surface area contributed by atoms with Gasteiger partial charge in [-0.05, 0) is 31.4 Å². The molecule has 2 unspecified atom stereocenters. The van der Waals surface area contributed by atoms with Crippen molar-refractivity contribution < 1.29 is 22.7 Å². The number of rotatable bonds is 5. The largest absolute Gasteiger partial charge is 0.404 e. The molecule has 5 nitrogen and oxygen atoms in total. The van der Waals surface area contributed by atoms with Crippen LogP contribution in [0.3, 0.4) is 0 Å². The van der Waals surface area contributed by atoms with Crippen molar-refractivity contribution >= 4 is 5.91 Å². The van der Waals surface area contributed by atoms with Crippen LogP contribution in [0.25, 0.3) is 0 Å². The molecule has 0 spiro atoms. The van der Waals surface area contributed by atoms with Crippen molar-refractivity contribution in [2.75, 3.05) is 52.4 Å². The van der Waals surface area contributed by atoms with Crippen molar-refractivity contribution in [3.8, 4) is 0 Å². The smallest absolute Gasteiger partial charge is 0.377 e. The lowest BCUT2D eigenvalue weighted by Gasteiger charge is -2.40. The Balaban J connectivity index is 1.38. The van der Waals surface area contributed by atoms with E-state index in [1.807, 2.05) is 30.3 Å². The van der Waals surface area contributed by atoms with Gasteiger partial charge in [-0.15, -0.1) is 0 Å². The number of piperazine rings is 1. The molecule has 2 atom stereocenters. The lowest BCUT2D eigenvalue weighted by Crippen LogP contribution is -2.58. The topological polar surface area (TPSA) is 36.0 Å². The first-order valence-corrected chi connectivity index (χ1v) is 10.8. The summed E-state index contributed by atoms with van der Waals surface area (Å²) in [5.74, 6) is -0.748. The zero-order valence-corrected chi connectivity index (χ0v) is 17.2. The van der Waals surface area contributed by atoms with Gasteiger partial charge >= 0.3 is 6.18 Å². The van der Waals surface area contributed by atoms with Crippen molar-refractivity contribution in [2.24, 2.45) is 5.41 Å². The first-order valence-electron chi connectivity index (χ1n) is 10.8. The summed E-state index contributed by atoms with van der Waals surface area (Å²) in [5.41, 5.74) is -1.33. The minimum absolute atomic E-state index is 0.168. The number of hydrogen-bond donors (Lipinski definition) is 0. The van der Waals surface area contributed by atoms with Gasteiger partial charge in [0, 0.05) is 52.4 Å². The van der Waals surface area contributed by atoms with Gasteiger partial charge in [-0.1, -0.05) is 30.3 Å². The Labute approximate surface area is 175 Å². The van der Waals surface area contributed by atoms with Gasteiger partial charge < -0.3 is 9.64 Å². The molecule has 8 heteroatoms. The van der Waals surface area contributed by atoms with E-state index >= 15 is 0 Å². The Bertz CT molecular complexity index is 716. The lowest BCUT2D eigenvalue weighted by molar-refractivity contribution is -0.224. The van der Waals surface area contributed by atoms with Crippen molar-refractivity contribution in [2.45, 2.75) is 38.1 Å². The highest BCUT2D eigenvalue weighted by Gasteiger charge is 2.64. The maximum absolute atomic E-state index is 14.2. The van der Waals surface area contributed by atoms with Crippen LogP contribution in [-0.2, 0) is 16.1 Å². The number of benzene rings is 1. The minimum Gasteiger partial charge on any atom is -0.377 e. The van der Waals surface area contributed by atoms with E-state index in [1.165, 1.54) is 4.90 Å². The normalized spacial score (nSPS) is 28.9. The van der Waals surface area contributed by atoms with Crippen LogP contribution in [-0.4, -0.2) is 85.3 Å². The van der Waals surface area contributed by atoms with E-state index in [1.54, 1.807) is 4.90 Å². The number of hydrogen-bond acceptors (Lipinski definition) is 4. The number of ether oxygens (including phenoxy) is 1. The van der Waals surface area contributed by atoms with E-state index in [0.29, 0.717) is 32.7 Å². The van der Waals surface area contributed by atoms with Crippen molar-refractivity contribution in [1.29, 1.82) is 0 Å². The van der Waals surface area contributed by atoms with Crippen LogP contribution in [0.15, 0.2) is 30.3 Å². The maximum Gasteiger partial charge on any atom is 0.404 e. The molecule has 0 bridgehead atoms. The van der Waals surface area contributed by atoms with E-state index in [2.05, 4.69) is 4.90 Å². The summed E-state index contributed by atoms with van der Waals surface area (Å²) in [6.45, 7) is 3.94. The van der Waals surface area contributed by atoms with Crippen LogP contribution in [0.5, 0.6) is 0 Å². The zero-order chi connectivity index (χ0) is 21.2. The van der Waals surface area contributed by atoms with Gasteiger partial charge in [0.2, 0.25) is 5.91 Å². The monoisotopic (exact) mass is 425 g/mol. The highest BCUT2D eigenvalue weighted by atomic mass is 19.4. The molecular formula is C22H30F3N3O2. The Morgan fingerprint density at radius 1 is 1.07 bits per heavy atom. The van der Waals surface area contributed by atoms with Gasteiger partial charge in [0.1, 0.15) is 0 Å². The van der Waals surface area contributed by atoms with Crippen LogP contribution >= 0.6 is 0 Å². The molecule has 0 N–H and O–H groups in total. The summed E-state index contributed by atoms with van der Waals surface area (Å²) in [6, 6.07) is 9.45. The van der Waals surface area contributed by atoms with E-state index in [-0.39, 0.29) is 25.6 Å². The fraction of sp³-hybridized carbons (Fsp3) is 0.682. The third-order valence-corrected chi connectivity index (χ3v) is 6.69. The maximum atomic E-state index is 14.2. The predicted molar refractivity (Wildman–Crippen MR) is 107 cm³/mol. The van der Waals surface area contributed by atoms with Gasteiger partial charge in [-0.2, -0.15) is 13.2 Å². The number of likely N-dealkylation sites (tertiary alicyclic amines) is 1. The van der Waals surface area contributed by atoms with Crippen molar-refractivity contribution in [3.63, 3.8) is 0 Å². The molecule has 1 amide bonds. The molecule has 3 fully saturated rings. The fourth-order valence-corrected chi connectivity index (χ4v) is 4.91. The van der Waals surface area contributed by atoms with Gasteiger partial charge in [-0.25, -0.2) is 0 Å². The number of nitrogens with zero attached hydrogens (tertiary/aromatic N) is 3. The molecule has 4 rings (SSSR count). The summed E-state index contributed by atoms with van der Waals surface area (Å²) in [5, 5.41) is 0. The second-order valence-electron chi connectivity index (χ2n) is 8.75. The predicted octanol–water partition coefficient (Wildman–Crippen LogP) is 2.76. The third-order valence-electron chi connectivity index (χ3n) is 6.69. The van der Waals surface area contributed by atoms with Crippen LogP contribution in [0, 0.1) is 5.41 Å². The highest BCUT2D eigenvalue weighted by Crippen LogP contribution is 2.47. The molecule has 0 saturated carbocycles. The molecule has 3 aliphatic rings. The number of alkyl halides is 3. The van der Waals surface area contributed by atoms with Crippen LogP contribution in [0.1, 0.15) is 24.8 Å². The third kappa shape index (κ3) is 4.50. The molecule has 30 heavy (non-hydrogen) atoms. The van der Waals surface area contributed by atoms with E-state index in [9.17, 15) is 18.0 Å². The minimum atomic E-state index is -4.55. The molecule has 3 saturated heterocycles. The van der Waals surface area contributed by atoms with Crippen LogP contribution in [0.4, 0.5) is 13.2 Å². The number of amides is 1. The average Bonchev–Trinajstić information content (AvgIpc) is 3.39. The second-order valence-corrected chi connectivity index (χ2v) is 8.75.